The molecular formula is C22H26F2N4O. The van der Waals surface area contributed by atoms with Crippen LogP contribution in [0.25, 0.3) is 10.9 Å². The van der Waals surface area contributed by atoms with Gasteiger partial charge in [-0.05, 0) is 54.8 Å². The van der Waals surface area contributed by atoms with Gasteiger partial charge in [-0.2, -0.15) is 0 Å². The Bertz CT molecular complexity index is 984. The average Bonchev–Trinajstić information content (AvgIpc) is 3.10. The van der Waals surface area contributed by atoms with E-state index in [2.05, 4.69) is 20.6 Å². The molecule has 0 fully saturated rings. The number of nitrogens with zero attached hydrogens (tertiary/aromatic N) is 1. The summed E-state index contributed by atoms with van der Waals surface area (Å²) >= 11 is 0. The van der Waals surface area contributed by atoms with E-state index in [1.54, 1.807) is 25.3 Å². The molecule has 0 bridgehead atoms. The molecule has 3 N–H and O–H groups in total. The van der Waals surface area contributed by atoms with Gasteiger partial charge in [-0.25, -0.2) is 13.8 Å². The molecule has 2 aromatic carbocycles. The standard InChI is InChI=1S/C22H26F2N4O/c1-3-25-22(28-12-15-4-7-20(24)17(10-15)14-29-2)26-9-8-16-13-27-21-11-18(23)5-6-19(16)21/h4-7,10-11,13,27H,3,8-9,12,14H2,1-2H3,(H2,25,26,28). The molecule has 154 valence electrons. The van der Waals surface area contributed by atoms with Crippen LogP contribution in [0.15, 0.2) is 47.6 Å². The second-order valence-electron chi connectivity index (χ2n) is 6.73. The van der Waals surface area contributed by atoms with Crippen molar-refractivity contribution in [3.63, 3.8) is 0 Å². The molecule has 1 heterocycles. The summed E-state index contributed by atoms with van der Waals surface area (Å²) in [6, 6.07) is 9.71. The van der Waals surface area contributed by atoms with Gasteiger partial charge in [-0.15, -0.1) is 0 Å². The van der Waals surface area contributed by atoms with E-state index < -0.39 is 0 Å². The summed E-state index contributed by atoms with van der Waals surface area (Å²) in [6.45, 7) is 4.07. The number of hydrogen-bond acceptors (Lipinski definition) is 2. The predicted octanol–water partition coefficient (Wildman–Crippen LogP) is 3.89. The number of aliphatic imine (C=N–C) groups is 1. The van der Waals surface area contributed by atoms with E-state index in [1.807, 2.05) is 13.1 Å². The van der Waals surface area contributed by atoms with Crippen LogP contribution in [-0.2, 0) is 24.3 Å². The lowest BCUT2D eigenvalue weighted by Crippen LogP contribution is -2.38. The molecule has 0 aliphatic rings. The lowest BCUT2D eigenvalue weighted by molar-refractivity contribution is 0.181. The van der Waals surface area contributed by atoms with Gasteiger partial charge in [0.05, 0.1) is 13.2 Å². The fraction of sp³-hybridized carbons (Fsp3) is 0.318. The number of rotatable bonds is 8. The topological polar surface area (TPSA) is 61.4 Å². The first-order valence-corrected chi connectivity index (χ1v) is 9.64. The Kier molecular flexibility index (Phi) is 7.19. The maximum absolute atomic E-state index is 13.7. The van der Waals surface area contributed by atoms with Crippen LogP contribution in [0, 0.1) is 11.6 Å². The van der Waals surface area contributed by atoms with Crippen LogP contribution in [0.4, 0.5) is 8.78 Å². The molecule has 5 nitrogen and oxygen atoms in total. The van der Waals surface area contributed by atoms with E-state index in [0.29, 0.717) is 24.6 Å². The largest absolute Gasteiger partial charge is 0.380 e. The quantitative estimate of drug-likeness (QED) is 0.397. The highest BCUT2D eigenvalue weighted by molar-refractivity contribution is 5.83. The third-order valence-electron chi connectivity index (χ3n) is 4.59. The third kappa shape index (κ3) is 5.54. The Balaban J connectivity index is 1.61. The van der Waals surface area contributed by atoms with Gasteiger partial charge < -0.3 is 20.4 Å². The van der Waals surface area contributed by atoms with Crippen molar-refractivity contribution < 1.29 is 13.5 Å². The number of ether oxygens (including phenoxy) is 1. The normalized spacial score (nSPS) is 11.8. The fourth-order valence-corrected chi connectivity index (χ4v) is 3.19. The van der Waals surface area contributed by atoms with Crippen molar-refractivity contribution in [1.29, 1.82) is 0 Å². The first-order valence-electron chi connectivity index (χ1n) is 9.64. The molecular weight excluding hydrogens is 374 g/mol. The van der Waals surface area contributed by atoms with Crippen LogP contribution in [-0.4, -0.2) is 31.1 Å². The number of nitrogens with one attached hydrogen (secondary N) is 3. The molecule has 0 spiro atoms. The molecule has 0 aliphatic heterocycles. The van der Waals surface area contributed by atoms with Crippen molar-refractivity contribution in [1.82, 2.24) is 15.6 Å². The lowest BCUT2D eigenvalue weighted by Gasteiger charge is -2.11. The Morgan fingerprint density at radius 3 is 2.76 bits per heavy atom. The Morgan fingerprint density at radius 1 is 1.10 bits per heavy atom. The number of aromatic nitrogens is 1. The van der Waals surface area contributed by atoms with Gasteiger partial charge in [0.2, 0.25) is 0 Å². The number of hydrogen-bond donors (Lipinski definition) is 3. The van der Waals surface area contributed by atoms with Gasteiger partial charge in [0.1, 0.15) is 11.6 Å². The second-order valence-corrected chi connectivity index (χ2v) is 6.73. The zero-order valence-electron chi connectivity index (χ0n) is 16.7. The van der Waals surface area contributed by atoms with Gasteiger partial charge in [-0.1, -0.05) is 6.07 Å². The van der Waals surface area contributed by atoms with E-state index in [9.17, 15) is 8.78 Å². The molecule has 0 saturated carbocycles. The van der Waals surface area contributed by atoms with E-state index in [-0.39, 0.29) is 18.2 Å². The van der Waals surface area contributed by atoms with Crippen LogP contribution >= 0.6 is 0 Å². The highest BCUT2D eigenvalue weighted by atomic mass is 19.1. The van der Waals surface area contributed by atoms with Crippen LogP contribution < -0.4 is 10.6 Å². The molecule has 0 atom stereocenters. The predicted molar refractivity (Wildman–Crippen MR) is 112 cm³/mol. The number of methoxy groups -OCH3 is 1. The smallest absolute Gasteiger partial charge is 0.191 e. The van der Waals surface area contributed by atoms with E-state index in [4.69, 9.17) is 4.74 Å². The summed E-state index contributed by atoms with van der Waals surface area (Å²) in [6.07, 6.45) is 2.68. The van der Waals surface area contributed by atoms with Crippen LogP contribution in [0.5, 0.6) is 0 Å². The maximum Gasteiger partial charge on any atom is 0.191 e. The average molecular weight is 400 g/mol. The van der Waals surface area contributed by atoms with Gasteiger partial charge in [0, 0.05) is 42.9 Å². The van der Waals surface area contributed by atoms with E-state index in [0.717, 1.165) is 35.0 Å². The van der Waals surface area contributed by atoms with E-state index >= 15 is 0 Å². The first kappa shape index (κ1) is 20.8. The molecule has 0 radical (unpaired) electrons. The van der Waals surface area contributed by atoms with Crippen molar-refractivity contribution in [2.24, 2.45) is 4.99 Å². The molecule has 0 amide bonds. The number of H-pyrrole nitrogens is 1. The summed E-state index contributed by atoms with van der Waals surface area (Å²) < 4.78 is 32.1. The molecule has 7 heteroatoms. The summed E-state index contributed by atoms with van der Waals surface area (Å²) in [5.74, 6) is 0.166. The number of aromatic amines is 1. The summed E-state index contributed by atoms with van der Waals surface area (Å²) in [7, 11) is 1.54. The zero-order valence-corrected chi connectivity index (χ0v) is 16.7. The molecule has 0 aliphatic carbocycles. The van der Waals surface area contributed by atoms with Crippen molar-refractivity contribution in [2.45, 2.75) is 26.5 Å². The van der Waals surface area contributed by atoms with Gasteiger partial charge in [0.15, 0.2) is 5.96 Å². The van der Waals surface area contributed by atoms with E-state index in [1.165, 1.54) is 18.2 Å². The van der Waals surface area contributed by atoms with Crippen LogP contribution in [0.3, 0.4) is 0 Å². The SMILES string of the molecule is CCNC(=NCc1ccc(F)c(COC)c1)NCCc1c[nH]c2cc(F)ccc12. The Hall–Kier alpha value is -2.93. The van der Waals surface area contributed by atoms with Crippen molar-refractivity contribution in [3.05, 3.63) is 70.9 Å². The molecule has 29 heavy (non-hydrogen) atoms. The minimum atomic E-state index is -0.275. The highest BCUT2D eigenvalue weighted by Crippen LogP contribution is 2.19. The minimum Gasteiger partial charge on any atom is -0.380 e. The lowest BCUT2D eigenvalue weighted by atomic mass is 10.1. The molecule has 3 rings (SSSR count). The molecule has 1 aromatic heterocycles. The minimum absolute atomic E-state index is 0.232. The van der Waals surface area contributed by atoms with Gasteiger partial charge >= 0.3 is 0 Å². The van der Waals surface area contributed by atoms with Gasteiger partial charge in [-0.3, -0.25) is 0 Å². The number of fused-ring (bicyclic) bond motifs is 1. The summed E-state index contributed by atoms with van der Waals surface area (Å²) in [5, 5.41) is 7.54. The van der Waals surface area contributed by atoms with Crippen LogP contribution in [0.2, 0.25) is 0 Å². The zero-order chi connectivity index (χ0) is 20.6. The number of benzene rings is 2. The Morgan fingerprint density at radius 2 is 1.97 bits per heavy atom. The van der Waals surface area contributed by atoms with Crippen molar-refractivity contribution >= 4 is 16.9 Å². The van der Waals surface area contributed by atoms with Crippen molar-refractivity contribution in [3.8, 4) is 0 Å². The van der Waals surface area contributed by atoms with Gasteiger partial charge in [0.25, 0.3) is 0 Å². The monoisotopic (exact) mass is 400 g/mol. The first-order chi connectivity index (χ1) is 14.1. The highest BCUT2D eigenvalue weighted by Gasteiger charge is 2.06. The molecule has 3 aromatic rings. The summed E-state index contributed by atoms with van der Waals surface area (Å²) in [4.78, 5) is 7.69. The fourth-order valence-electron chi connectivity index (χ4n) is 3.19. The third-order valence-corrected chi connectivity index (χ3v) is 4.59. The van der Waals surface area contributed by atoms with Crippen LogP contribution in [0.1, 0.15) is 23.6 Å². The molecule has 0 unspecified atom stereocenters. The van der Waals surface area contributed by atoms with Crippen molar-refractivity contribution in [2.75, 3.05) is 20.2 Å². The molecule has 0 saturated heterocycles. The number of guanidine groups is 1. The second kappa shape index (κ2) is 10.0. The summed E-state index contributed by atoms with van der Waals surface area (Å²) in [5.41, 5.74) is 3.35. The maximum atomic E-state index is 13.7. The number of halogens is 2. The Labute approximate surface area is 169 Å².